The first-order valence-electron chi connectivity index (χ1n) is 9.96. The van der Waals surface area contributed by atoms with Crippen LogP contribution in [0.25, 0.3) is 16.8 Å². The summed E-state index contributed by atoms with van der Waals surface area (Å²) in [5.74, 6) is 1.52. The number of halogens is 1. The van der Waals surface area contributed by atoms with Crippen LogP contribution >= 0.6 is 0 Å². The second-order valence-electron chi connectivity index (χ2n) is 7.27. The molecule has 0 spiro atoms. The number of anilines is 2. The number of hydrogen-bond acceptors (Lipinski definition) is 5. The van der Waals surface area contributed by atoms with Crippen molar-refractivity contribution in [1.29, 1.82) is 0 Å². The van der Waals surface area contributed by atoms with Gasteiger partial charge in [0, 0.05) is 44.1 Å². The van der Waals surface area contributed by atoms with E-state index in [1.807, 2.05) is 47.1 Å². The van der Waals surface area contributed by atoms with Gasteiger partial charge in [-0.3, -0.25) is 0 Å². The predicted octanol–water partition coefficient (Wildman–Crippen LogP) is 3.87. The van der Waals surface area contributed by atoms with Crippen molar-refractivity contribution >= 4 is 17.0 Å². The topological polar surface area (TPSA) is 45.9 Å². The first-order chi connectivity index (χ1) is 14.7. The normalized spacial score (nSPS) is 14.3. The highest BCUT2D eigenvalue weighted by atomic mass is 19.1. The molecule has 0 N–H and O–H groups in total. The van der Waals surface area contributed by atoms with Gasteiger partial charge in [0.2, 0.25) is 0 Å². The Bertz CT molecular complexity index is 1180. The highest BCUT2D eigenvalue weighted by Crippen LogP contribution is 2.28. The van der Waals surface area contributed by atoms with Gasteiger partial charge in [-0.2, -0.15) is 5.10 Å². The van der Waals surface area contributed by atoms with E-state index in [-0.39, 0.29) is 5.82 Å². The van der Waals surface area contributed by atoms with Gasteiger partial charge >= 0.3 is 0 Å². The van der Waals surface area contributed by atoms with Crippen LogP contribution in [0.15, 0.2) is 67.0 Å². The molecule has 0 unspecified atom stereocenters. The van der Waals surface area contributed by atoms with Gasteiger partial charge in [0.05, 0.1) is 18.5 Å². The van der Waals surface area contributed by atoms with Crippen LogP contribution in [0.1, 0.15) is 0 Å². The number of aromatic nitrogens is 3. The molecule has 2 aromatic carbocycles. The van der Waals surface area contributed by atoms with Crippen molar-refractivity contribution < 1.29 is 9.13 Å². The number of benzene rings is 2. The van der Waals surface area contributed by atoms with Crippen LogP contribution in [0, 0.1) is 5.82 Å². The molecule has 7 heteroatoms. The molecule has 2 aromatic heterocycles. The molecule has 6 nitrogen and oxygen atoms in total. The third-order valence-electron chi connectivity index (χ3n) is 5.51. The summed E-state index contributed by atoms with van der Waals surface area (Å²) < 4.78 is 21.3. The highest BCUT2D eigenvalue weighted by molar-refractivity contribution is 5.76. The molecular formula is C23H22FN5O. The molecule has 0 saturated carbocycles. The number of hydrogen-bond donors (Lipinski definition) is 0. The van der Waals surface area contributed by atoms with E-state index in [1.54, 1.807) is 19.4 Å². The highest BCUT2D eigenvalue weighted by Gasteiger charge is 2.22. The van der Waals surface area contributed by atoms with E-state index < -0.39 is 0 Å². The summed E-state index contributed by atoms with van der Waals surface area (Å²) >= 11 is 0. The minimum absolute atomic E-state index is 0.176. The van der Waals surface area contributed by atoms with E-state index in [4.69, 9.17) is 9.84 Å². The van der Waals surface area contributed by atoms with Crippen molar-refractivity contribution in [3.05, 3.63) is 72.8 Å². The molecule has 3 heterocycles. The fraction of sp³-hybridized carbons (Fsp3) is 0.217. The summed E-state index contributed by atoms with van der Waals surface area (Å²) in [5, 5.41) is 4.72. The second-order valence-corrected chi connectivity index (χ2v) is 7.27. The summed E-state index contributed by atoms with van der Waals surface area (Å²) in [6.07, 6.45) is 3.63. The molecule has 0 aliphatic carbocycles. The number of ether oxygens (including phenoxy) is 1. The summed E-state index contributed by atoms with van der Waals surface area (Å²) in [6, 6.07) is 16.9. The van der Waals surface area contributed by atoms with Crippen LogP contribution in [0.5, 0.6) is 5.75 Å². The van der Waals surface area contributed by atoms with E-state index in [0.29, 0.717) is 5.69 Å². The number of para-hydroxylation sites is 1. The van der Waals surface area contributed by atoms with Gasteiger partial charge < -0.3 is 14.5 Å². The van der Waals surface area contributed by atoms with Crippen molar-refractivity contribution in [2.45, 2.75) is 0 Å². The fourth-order valence-corrected chi connectivity index (χ4v) is 3.94. The minimum Gasteiger partial charge on any atom is -0.497 e. The van der Waals surface area contributed by atoms with Crippen molar-refractivity contribution in [3.8, 4) is 17.0 Å². The molecule has 1 aliphatic rings. The Balaban J connectivity index is 1.41. The molecule has 1 fully saturated rings. The molecule has 0 amide bonds. The predicted molar refractivity (Wildman–Crippen MR) is 116 cm³/mol. The molecule has 152 valence electrons. The third-order valence-corrected chi connectivity index (χ3v) is 5.51. The van der Waals surface area contributed by atoms with E-state index in [0.717, 1.165) is 54.5 Å². The molecule has 30 heavy (non-hydrogen) atoms. The molecule has 0 radical (unpaired) electrons. The zero-order chi connectivity index (χ0) is 20.5. The van der Waals surface area contributed by atoms with E-state index in [9.17, 15) is 4.39 Å². The second kappa shape index (κ2) is 7.67. The lowest BCUT2D eigenvalue weighted by molar-refractivity contribution is 0.415. The molecule has 0 bridgehead atoms. The van der Waals surface area contributed by atoms with Crippen molar-refractivity contribution in [2.75, 3.05) is 43.1 Å². The zero-order valence-corrected chi connectivity index (χ0v) is 16.7. The van der Waals surface area contributed by atoms with Crippen LogP contribution in [-0.4, -0.2) is 47.9 Å². The lowest BCUT2D eigenvalue weighted by atomic mass is 10.1. The first kappa shape index (κ1) is 18.4. The molecule has 1 aliphatic heterocycles. The number of rotatable bonds is 4. The fourth-order valence-electron chi connectivity index (χ4n) is 3.94. The minimum atomic E-state index is -0.176. The average molecular weight is 403 g/mol. The van der Waals surface area contributed by atoms with E-state index in [2.05, 4.69) is 20.9 Å². The lowest BCUT2D eigenvalue weighted by Crippen LogP contribution is -2.47. The van der Waals surface area contributed by atoms with E-state index >= 15 is 0 Å². The van der Waals surface area contributed by atoms with Crippen molar-refractivity contribution in [3.63, 3.8) is 0 Å². The summed E-state index contributed by atoms with van der Waals surface area (Å²) in [5.41, 5.74) is 3.48. The maximum Gasteiger partial charge on any atom is 0.154 e. The third kappa shape index (κ3) is 3.32. The number of nitrogens with zero attached hydrogens (tertiary/aromatic N) is 5. The Kier molecular flexibility index (Phi) is 4.71. The molecule has 1 saturated heterocycles. The maximum absolute atomic E-state index is 14.1. The summed E-state index contributed by atoms with van der Waals surface area (Å²) in [4.78, 5) is 8.96. The zero-order valence-electron chi connectivity index (χ0n) is 16.7. The maximum atomic E-state index is 14.1. The number of methoxy groups -OCH3 is 1. The standard InChI is InChI=1S/C23H22FN5O/c1-30-18-6-4-5-17(15-18)20-16-22-23(25-9-10-29(22)26-20)28-13-11-27(12-14-28)21-8-3-2-7-19(21)24/h2-10,15-16H,11-14H2,1H3. The van der Waals surface area contributed by atoms with Gasteiger partial charge in [-0.15, -0.1) is 0 Å². The van der Waals surface area contributed by atoms with Gasteiger partial charge in [-0.25, -0.2) is 13.9 Å². The number of fused-ring (bicyclic) bond motifs is 1. The SMILES string of the molecule is COc1cccc(-c2cc3c(N4CCN(c5ccccc5F)CC4)nccn3n2)c1. The van der Waals surface area contributed by atoms with E-state index in [1.165, 1.54) is 6.07 Å². The Labute approximate surface area is 174 Å². The van der Waals surface area contributed by atoms with Gasteiger partial charge in [-0.05, 0) is 30.3 Å². The van der Waals surface area contributed by atoms with Crippen LogP contribution in [0.4, 0.5) is 15.9 Å². The van der Waals surface area contributed by atoms with Gasteiger partial charge in [-0.1, -0.05) is 24.3 Å². The van der Waals surface area contributed by atoms with Gasteiger partial charge in [0.25, 0.3) is 0 Å². The molecular weight excluding hydrogens is 381 g/mol. The Hall–Kier alpha value is -3.61. The average Bonchev–Trinajstić information content (AvgIpc) is 3.24. The molecule has 5 rings (SSSR count). The van der Waals surface area contributed by atoms with Crippen LogP contribution < -0.4 is 14.5 Å². The Morgan fingerprint density at radius 3 is 2.53 bits per heavy atom. The molecule has 0 atom stereocenters. The van der Waals surface area contributed by atoms with Crippen LogP contribution in [0.2, 0.25) is 0 Å². The van der Waals surface area contributed by atoms with Gasteiger partial charge in [0.1, 0.15) is 17.1 Å². The van der Waals surface area contributed by atoms with Crippen molar-refractivity contribution in [2.24, 2.45) is 0 Å². The molecule has 4 aromatic rings. The number of piperazine rings is 1. The van der Waals surface area contributed by atoms with Crippen LogP contribution in [0.3, 0.4) is 0 Å². The first-order valence-corrected chi connectivity index (χ1v) is 9.96. The lowest BCUT2D eigenvalue weighted by Gasteiger charge is -2.36. The largest absolute Gasteiger partial charge is 0.497 e. The Morgan fingerprint density at radius 1 is 0.933 bits per heavy atom. The quantitative estimate of drug-likeness (QED) is 0.518. The monoisotopic (exact) mass is 403 g/mol. The smallest absolute Gasteiger partial charge is 0.154 e. The summed E-state index contributed by atoms with van der Waals surface area (Å²) in [6.45, 7) is 3.00. The van der Waals surface area contributed by atoms with Crippen LogP contribution in [-0.2, 0) is 0 Å². The summed E-state index contributed by atoms with van der Waals surface area (Å²) in [7, 11) is 1.66. The van der Waals surface area contributed by atoms with Gasteiger partial charge in [0.15, 0.2) is 5.82 Å². The Morgan fingerprint density at radius 2 is 1.73 bits per heavy atom. The van der Waals surface area contributed by atoms with Crippen molar-refractivity contribution in [1.82, 2.24) is 14.6 Å².